The molecule has 0 aliphatic carbocycles. The second-order valence-corrected chi connectivity index (χ2v) is 12.5. The van der Waals surface area contributed by atoms with Crippen LogP contribution in [-0.4, -0.2) is 48.1 Å². The Morgan fingerprint density at radius 3 is 2.76 bits per heavy atom. The van der Waals surface area contributed by atoms with Crippen LogP contribution in [0.2, 0.25) is 0 Å². The highest BCUT2D eigenvalue weighted by Gasteiger charge is 2.29. The van der Waals surface area contributed by atoms with Crippen molar-refractivity contribution in [3.05, 3.63) is 53.6 Å². The maximum Gasteiger partial charge on any atom is 0.243 e. The molecule has 3 aromatic rings. The number of ether oxygens (including phenoxy) is 1. The molecule has 3 heterocycles. The van der Waals surface area contributed by atoms with Crippen LogP contribution in [-0.2, 0) is 27.1 Å². The predicted octanol–water partition coefficient (Wildman–Crippen LogP) is 5.24. The van der Waals surface area contributed by atoms with E-state index >= 15 is 0 Å². The van der Waals surface area contributed by atoms with E-state index in [-0.39, 0.29) is 6.10 Å². The van der Waals surface area contributed by atoms with Crippen LogP contribution in [0.4, 0.5) is 0 Å². The lowest BCUT2D eigenvalue weighted by atomic mass is 10.0. The number of benzene rings is 2. The molecule has 6 nitrogen and oxygen atoms in total. The van der Waals surface area contributed by atoms with E-state index in [1.807, 2.05) is 6.07 Å². The van der Waals surface area contributed by atoms with Gasteiger partial charge in [0, 0.05) is 25.4 Å². The maximum atomic E-state index is 13.4. The summed E-state index contributed by atoms with van der Waals surface area (Å²) in [6.07, 6.45) is 4.30. The Balaban J connectivity index is 1.48. The molecule has 0 saturated carbocycles. The first kappa shape index (κ1) is 23.9. The molecule has 0 amide bonds. The van der Waals surface area contributed by atoms with Crippen LogP contribution in [0, 0.1) is 12.8 Å². The first-order chi connectivity index (χ1) is 16.4. The summed E-state index contributed by atoms with van der Waals surface area (Å²) in [5.41, 5.74) is 4.25. The van der Waals surface area contributed by atoms with Gasteiger partial charge in [-0.3, -0.25) is 0 Å². The molecule has 0 spiro atoms. The minimum Gasteiger partial charge on any atom is -0.376 e. The van der Waals surface area contributed by atoms with Gasteiger partial charge in [0.1, 0.15) is 0 Å². The van der Waals surface area contributed by atoms with E-state index in [1.54, 1.807) is 28.2 Å². The third-order valence-corrected chi connectivity index (χ3v) is 9.86. The fraction of sp³-hybridized carbons (Fsp3) is 0.500. The van der Waals surface area contributed by atoms with E-state index in [2.05, 4.69) is 42.7 Å². The smallest absolute Gasteiger partial charge is 0.243 e. The number of hydrogen-bond donors (Lipinski definition) is 0. The van der Waals surface area contributed by atoms with Crippen LogP contribution >= 0.6 is 11.8 Å². The van der Waals surface area contributed by atoms with Gasteiger partial charge in [0.2, 0.25) is 10.0 Å². The predicted molar refractivity (Wildman–Crippen MR) is 137 cm³/mol. The van der Waals surface area contributed by atoms with Crippen molar-refractivity contribution in [3.63, 3.8) is 0 Å². The number of thioether (sulfide) groups is 1. The van der Waals surface area contributed by atoms with Crippen LogP contribution in [0.25, 0.3) is 11.0 Å². The Labute approximate surface area is 206 Å². The van der Waals surface area contributed by atoms with E-state index in [1.165, 1.54) is 11.1 Å². The monoisotopic (exact) mass is 499 g/mol. The van der Waals surface area contributed by atoms with Gasteiger partial charge >= 0.3 is 0 Å². The highest BCUT2D eigenvalue weighted by atomic mass is 32.2. The lowest BCUT2D eigenvalue weighted by Gasteiger charge is -2.30. The summed E-state index contributed by atoms with van der Waals surface area (Å²) in [6.45, 7) is 6.97. The summed E-state index contributed by atoms with van der Waals surface area (Å²) in [4.78, 5) is 5.26. The van der Waals surface area contributed by atoms with E-state index in [4.69, 9.17) is 9.72 Å². The van der Waals surface area contributed by atoms with Gasteiger partial charge in [0.25, 0.3) is 0 Å². The number of hydrogen-bond acceptors (Lipinski definition) is 5. The van der Waals surface area contributed by atoms with Crippen molar-refractivity contribution in [1.82, 2.24) is 13.9 Å². The number of rotatable bonds is 7. The molecule has 2 saturated heterocycles. The fourth-order valence-electron chi connectivity index (χ4n) is 4.95. The number of piperidine rings is 1. The minimum absolute atomic E-state index is 0.174. The van der Waals surface area contributed by atoms with E-state index in [0.29, 0.717) is 23.9 Å². The minimum atomic E-state index is -3.52. The van der Waals surface area contributed by atoms with Gasteiger partial charge in [-0.1, -0.05) is 43.0 Å². The summed E-state index contributed by atoms with van der Waals surface area (Å²) in [7, 11) is -3.52. The van der Waals surface area contributed by atoms with Crippen molar-refractivity contribution in [2.45, 2.75) is 68.0 Å². The molecule has 0 bridgehead atoms. The van der Waals surface area contributed by atoms with Gasteiger partial charge in [-0.2, -0.15) is 4.31 Å². The maximum absolute atomic E-state index is 13.4. The van der Waals surface area contributed by atoms with E-state index in [0.717, 1.165) is 60.8 Å². The van der Waals surface area contributed by atoms with Crippen molar-refractivity contribution in [2.24, 2.45) is 5.92 Å². The third kappa shape index (κ3) is 4.91. The fourth-order valence-corrected chi connectivity index (χ4v) is 7.67. The molecule has 1 aromatic heterocycles. The Morgan fingerprint density at radius 2 is 2.00 bits per heavy atom. The van der Waals surface area contributed by atoms with Gasteiger partial charge in [-0.15, -0.1) is 0 Å². The van der Waals surface area contributed by atoms with Crippen LogP contribution < -0.4 is 0 Å². The largest absolute Gasteiger partial charge is 0.376 e. The molecule has 0 unspecified atom stereocenters. The Hall–Kier alpha value is -1.87. The SMILES string of the molecule is Cc1ccccc1CSc1nc2cc(S(=O)(=O)N3CCC[C@@H](C)C3)ccc2n1C[C@@H]1CCCO1. The topological polar surface area (TPSA) is 64.4 Å². The number of imidazole rings is 1. The average molecular weight is 500 g/mol. The number of fused-ring (bicyclic) bond motifs is 1. The first-order valence-corrected chi connectivity index (χ1v) is 14.6. The van der Waals surface area contributed by atoms with Gasteiger partial charge in [0.05, 0.1) is 28.6 Å². The quantitative estimate of drug-likeness (QED) is 0.416. The Morgan fingerprint density at radius 1 is 1.15 bits per heavy atom. The molecule has 34 heavy (non-hydrogen) atoms. The van der Waals surface area contributed by atoms with Crippen molar-refractivity contribution in [1.29, 1.82) is 0 Å². The normalized spacial score (nSPS) is 21.9. The van der Waals surface area contributed by atoms with Gasteiger partial charge in [-0.05, 0) is 67.9 Å². The van der Waals surface area contributed by atoms with Crippen LogP contribution in [0.3, 0.4) is 0 Å². The van der Waals surface area contributed by atoms with Crippen LogP contribution in [0.1, 0.15) is 43.7 Å². The summed E-state index contributed by atoms with van der Waals surface area (Å²) in [6, 6.07) is 13.8. The first-order valence-electron chi connectivity index (χ1n) is 12.2. The van der Waals surface area contributed by atoms with Crippen molar-refractivity contribution >= 4 is 32.8 Å². The summed E-state index contributed by atoms with van der Waals surface area (Å²) < 4.78 is 36.5. The Kier molecular flexibility index (Phi) is 7.02. The molecule has 182 valence electrons. The second kappa shape index (κ2) is 10.0. The molecule has 2 fully saturated rings. The third-order valence-electron chi connectivity index (χ3n) is 6.97. The zero-order chi connectivity index (χ0) is 23.7. The zero-order valence-electron chi connectivity index (χ0n) is 19.9. The van der Waals surface area contributed by atoms with Crippen molar-refractivity contribution < 1.29 is 13.2 Å². The summed E-state index contributed by atoms with van der Waals surface area (Å²) in [5, 5.41) is 0.912. The van der Waals surface area contributed by atoms with Crippen molar-refractivity contribution in [3.8, 4) is 0 Å². The van der Waals surface area contributed by atoms with Crippen LogP contribution in [0.15, 0.2) is 52.5 Å². The van der Waals surface area contributed by atoms with Crippen molar-refractivity contribution in [2.75, 3.05) is 19.7 Å². The van der Waals surface area contributed by atoms with Gasteiger partial charge in [0.15, 0.2) is 5.16 Å². The Bertz CT molecular complexity index is 1270. The number of aryl methyl sites for hydroxylation is 1. The molecule has 8 heteroatoms. The second-order valence-electron chi connectivity index (χ2n) is 9.62. The average Bonchev–Trinajstić information content (AvgIpc) is 3.46. The molecule has 2 atom stereocenters. The molecule has 2 aromatic carbocycles. The molecule has 2 aliphatic heterocycles. The molecule has 5 rings (SSSR count). The number of sulfonamides is 1. The van der Waals surface area contributed by atoms with Gasteiger partial charge < -0.3 is 9.30 Å². The molecule has 0 radical (unpaired) electrons. The van der Waals surface area contributed by atoms with E-state index in [9.17, 15) is 8.42 Å². The standard InChI is InChI=1S/C26H33N3O3S2/c1-19-7-5-13-28(16-19)34(30,31)23-11-12-25-24(15-23)27-26(29(25)17-22-10-6-14-32-22)33-18-21-9-4-3-8-20(21)2/h3-4,8-9,11-12,15,19,22H,5-7,10,13-14,16-18H2,1-2H3/t19-,22+/m1/s1. The molecular formula is C26H33N3O3S2. The highest BCUT2D eigenvalue weighted by Crippen LogP contribution is 2.32. The zero-order valence-corrected chi connectivity index (χ0v) is 21.6. The molecular weight excluding hydrogens is 466 g/mol. The lowest BCUT2D eigenvalue weighted by Crippen LogP contribution is -2.39. The van der Waals surface area contributed by atoms with Gasteiger partial charge in [-0.25, -0.2) is 13.4 Å². The molecule has 2 aliphatic rings. The highest BCUT2D eigenvalue weighted by molar-refractivity contribution is 7.98. The van der Waals surface area contributed by atoms with E-state index < -0.39 is 10.0 Å². The molecule has 0 N–H and O–H groups in total. The summed E-state index contributed by atoms with van der Waals surface area (Å²) in [5.74, 6) is 1.21. The number of nitrogens with zero attached hydrogens (tertiary/aromatic N) is 3. The van der Waals surface area contributed by atoms with Crippen LogP contribution in [0.5, 0.6) is 0 Å². The number of aromatic nitrogens is 2. The lowest BCUT2D eigenvalue weighted by molar-refractivity contribution is 0.0960. The summed E-state index contributed by atoms with van der Waals surface area (Å²) >= 11 is 1.70.